The van der Waals surface area contributed by atoms with Crippen LogP contribution >= 0.6 is 11.6 Å². The summed E-state index contributed by atoms with van der Waals surface area (Å²) < 4.78 is 4.55. The summed E-state index contributed by atoms with van der Waals surface area (Å²) in [4.78, 5) is 19.3. The molecule has 0 fully saturated rings. The van der Waals surface area contributed by atoms with Gasteiger partial charge in [0.1, 0.15) is 5.82 Å². The minimum Gasteiger partial charge on any atom is -0.464 e. The molecule has 0 aliphatic carbocycles. The van der Waals surface area contributed by atoms with Crippen LogP contribution < -0.4 is 5.32 Å². The Hall–Kier alpha value is -2.14. The molecule has 1 aromatic carbocycles. The van der Waals surface area contributed by atoms with Gasteiger partial charge in [0.05, 0.1) is 19.5 Å². The number of carbonyl (C=O) groups is 1. The molecule has 0 radical (unpaired) electrons. The van der Waals surface area contributed by atoms with Crippen molar-refractivity contribution in [1.82, 2.24) is 9.97 Å². The zero-order chi connectivity index (χ0) is 13.8. The molecule has 0 aliphatic heterocycles. The molecule has 1 N–H and O–H groups in total. The first-order valence-corrected chi connectivity index (χ1v) is 5.91. The number of nitrogens with zero attached hydrogens (tertiary/aromatic N) is 2. The van der Waals surface area contributed by atoms with Gasteiger partial charge in [-0.25, -0.2) is 14.8 Å². The Bertz CT molecular complexity index is 599. The predicted molar refractivity (Wildman–Crippen MR) is 72.8 cm³/mol. The van der Waals surface area contributed by atoms with Crippen molar-refractivity contribution in [2.45, 2.75) is 6.92 Å². The lowest BCUT2D eigenvalue weighted by Gasteiger charge is -2.09. The standard InChI is InChI=1S/C13H12ClN3O2/c1-8-3-4-9(14)5-10(8)17-12-7-15-11(6-16-12)13(18)19-2/h3-7H,1-2H3,(H,16,17). The highest BCUT2D eigenvalue weighted by Gasteiger charge is 2.08. The highest BCUT2D eigenvalue weighted by atomic mass is 35.5. The molecule has 0 saturated heterocycles. The van der Waals surface area contributed by atoms with Gasteiger partial charge in [-0.15, -0.1) is 0 Å². The summed E-state index contributed by atoms with van der Waals surface area (Å²) in [7, 11) is 1.30. The van der Waals surface area contributed by atoms with Crippen molar-refractivity contribution in [1.29, 1.82) is 0 Å². The first kappa shape index (κ1) is 13.3. The molecule has 0 saturated carbocycles. The number of benzene rings is 1. The molecule has 0 amide bonds. The maximum atomic E-state index is 11.2. The molecule has 0 bridgehead atoms. The Balaban J connectivity index is 2.19. The maximum Gasteiger partial charge on any atom is 0.358 e. The molecule has 98 valence electrons. The fraction of sp³-hybridized carbons (Fsp3) is 0.154. The number of halogens is 1. The van der Waals surface area contributed by atoms with E-state index in [1.54, 1.807) is 6.07 Å². The van der Waals surface area contributed by atoms with Crippen molar-refractivity contribution < 1.29 is 9.53 Å². The van der Waals surface area contributed by atoms with Crippen LogP contribution in [0.1, 0.15) is 16.1 Å². The predicted octanol–water partition coefficient (Wildman–Crippen LogP) is 2.97. The molecular weight excluding hydrogens is 266 g/mol. The normalized spacial score (nSPS) is 10.1. The van der Waals surface area contributed by atoms with Crippen LogP contribution in [0.5, 0.6) is 0 Å². The zero-order valence-electron chi connectivity index (χ0n) is 10.5. The average Bonchev–Trinajstić information content (AvgIpc) is 2.43. The van der Waals surface area contributed by atoms with E-state index >= 15 is 0 Å². The van der Waals surface area contributed by atoms with E-state index < -0.39 is 5.97 Å². The lowest BCUT2D eigenvalue weighted by atomic mass is 10.2. The lowest BCUT2D eigenvalue weighted by molar-refractivity contribution is 0.0593. The van der Waals surface area contributed by atoms with Crippen LogP contribution in [0.4, 0.5) is 11.5 Å². The van der Waals surface area contributed by atoms with Crippen LogP contribution in [-0.2, 0) is 4.74 Å². The lowest BCUT2D eigenvalue weighted by Crippen LogP contribution is -2.06. The topological polar surface area (TPSA) is 64.1 Å². The van der Waals surface area contributed by atoms with Crippen LogP contribution in [0, 0.1) is 6.92 Å². The summed E-state index contributed by atoms with van der Waals surface area (Å²) in [5.41, 5.74) is 2.03. The van der Waals surface area contributed by atoms with Gasteiger partial charge >= 0.3 is 5.97 Å². The molecule has 0 unspecified atom stereocenters. The second kappa shape index (κ2) is 5.67. The number of anilines is 2. The van der Waals surface area contributed by atoms with Crippen molar-refractivity contribution in [2.75, 3.05) is 12.4 Å². The number of nitrogens with one attached hydrogen (secondary N) is 1. The fourth-order valence-corrected chi connectivity index (χ4v) is 1.64. The van der Waals surface area contributed by atoms with E-state index in [1.807, 2.05) is 19.1 Å². The van der Waals surface area contributed by atoms with Gasteiger partial charge in [0.2, 0.25) is 0 Å². The van der Waals surface area contributed by atoms with E-state index in [0.29, 0.717) is 10.8 Å². The number of esters is 1. The van der Waals surface area contributed by atoms with Crippen LogP contribution in [0.2, 0.25) is 5.02 Å². The number of hydrogen-bond donors (Lipinski definition) is 1. The number of aromatic nitrogens is 2. The second-order valence-corrected chi connectivity index (χ2v) is 4.30. The summed E-state index contributed by atoms with van der Waals surface area (Å²) in [5.74, 6) is 0.0102. The maximum absolute atomic E-state index is 11.2. The van der Waals surface area contributed by atoms with Crippen molar-refractivity contribution in [3.63, 3.8) is 0 Å². The molecule has 2 rings (SSSR count). The molecule has 19 heavy (non-hydrogen) atoms. The highest BCUT2D eigenvalue weighted by molar-refractivity contribution is 6.30. The summed E-state index contributed by atoms with van der Waals surface area (Å²) in [6.45, 7) is 1.95. The van der Waals surface area contributed by atoms with Crippen LogP contribution in [0.15, 0.2) is 30.6 Å². The Labute approximate surface area is 115 Å². The van der Waals surface area contributed by atoms with Crippen LogP contribution in [-0.4, -0.2) is 23.0 Å². The Kier molecular flexibility index (Phi) is 3.97. The van der Waals surface area contributed by atoms with Gasteiger partial charge in [0, 0.05) is 10.7 Å². The number of aryl methyl sites for hydroxylation is 1. The van der Waals surface area contributed by atoms with E-state index in [2.05, 4.69) is 20.0 Å². The number of carbonyl (C=O) groups excluding carboxylic acids is 1. The number of ether oxygens (including phenoxy) is 1. The quantitative estimate of drug-likeness (QED) is 0.874. The molecule has 5 nitrogen and oxygen atoms in total. The van der Waals surface area contributed by atoms with E-state index in [4.69, 9.17) is 11.6 Å². The summed E-state index contributed by atoms with van der Waals surface area (Å²) in [6, 6.07) is 5.52. The van der Waals surface area contributed by atoms with Crippen molar-refractivity contribution >= 4 is 29.1 Å². The Morgan fingerprint density at radius 1 is 1.32 bits per heavy atom. The van der Waals surface area contributed by atoms with Gasteiger partial charge in [-0.05, 0) is 24.6 Å². The smallest absolute Gasteiger partial charge is 0.358 e. The summed E-state index contributed by atoms with van der Waals surface area (Å²) in [6.07, 6.45) is 2.82. The molecule has 2 aromatic rings. The van der Waals surface area contributed by atoms with Crippen molar-refractivity contribution in [2.24, 2.45) is 0 Å². The fourth-order valence-electron chi connectivity index (χ4n) is 1.47. The van der Waals surface area contributed by atoms with Gasteiger partial charge < -0.3 is 10.1 Å². The number of methoxy groups -OCH3 is 1. The van der Waals surface area contributed by atoms with Crippen molar-refractivity contribution in [3.05, 3.63) is 46.9 Å². The molecule has 0 aliphatic rings. The zero-order valence-corrected chi connectivity index (χ0v) is 11.2. The van der Waals surface area contributed by atoms with Crippen molar-refractivity contribution in [3.8, 4) is 0 Å². The van der Waals surface area contributed by atoms with E-state index in [-0.39, 0.29) is 5.69 Å². The minimum atomic E-state index is -0.516. The molecular formula is C13H12ClN3O2. The third-order valence-electron chi connectivity index (χ3n) is 2.51. The van der Waals surface area contributed by atoms with E-state index in [1.165, 1.54) is 19.5 Å². The number of rotatable bonds is 3. The van der Waals surface area contributed by atoms with Gasteiger partial charge in [0.15, 0.2) is 5.69 Å². The van der Waals surface area contributed by atoms with E-state index in [0.717, 1.165) is 11.3 Å². The molecule has 1 heterocycles. The Morgan fingerprint density at radius 2 is 2.11 bits per heavy atom. The first-order chi connectivity index (χ1) is 9.10. The van der Waals surface area contributed by atoms with Gasteiger partial charge in [-0.1, -0.05) is 17.7 Å². The molecule has 0 spiro atoms. The highest BCUT2D eigenvalue weighted by Crippen LogP contribution is 2.22. The summed E-state index contributed by atoms with van der Waals surface area (Å²) >= 11 is 5.93. The first-order valence-electron chi connectivity index (χ1n) is 5.53. The second-order valence-electron chi connectivity index (χ2n) is 3.86. The monoisotopic (exact) mass is 277 g/mol. The Morgan fingerprint density at radius 3 is 2.74 bits per heavy atom. The minimum absolute atomic E-state index is 0.163. The third kappa shape index (κ3) is 3.20. The van der Waals surface area contributed by atoms with Gasteiger partial charge in [-0.2, -0.15) is 0 Å². The van der Waals surface area contributed by atoms with E-state index in [9.17, 15) is 4.79 Å². The average molecular weight is 278 g/mol. The third-order valence-corrected chi connectivity index (χ3v) is 2.74. The molecule has 6 heteroatoms. The summed E-state index contributed by atoms with van der Waals surface area (Å²) in [5, 5.41) is 3.72. The van der Waals surface area contributed by atoms with Gasteiger partial charge in [0.25, 0.3) is 0 Å². The van der Waals surface area contributed by atoms with Gasteiger partial charge in [-0.3, -0.25) is 0 Å². The molecule has 0 atom stereocenters. The van der Waals surface area contributed by atoms with Crippen LogP contribution in [0.3, 0.4) is 0 Å². The number of hydrogen-bond acceptors (Lipinski definition) is 5. The molecule has 1 aromatic heterocycles. The van der Waals surface area contributed by atoms with Crippen LogP contribution in [0.25, 0.3) is 0 Å². The largest absolute Gasteiger partial charge is 0.464 e. The SMILES string of the molecule is COC(=O)c1cnc(Nc2cc(Cl)ccc2C)cn1.